The maximum Gasteiger partial charge on any atom is 0.222 e. The normalized spacial score (nSPS) is 22.8. The number of likely N-dealkylation sites (tertiary alicyclic amines) is 1. The molecular formula is C24H45N5O2. The van der Waals surface area contributed by atoms with Crippen molar-refractivity contribution < 1.29 is 9.59 Å². The first kappa shape index (κ1) is 25.5. The lowest BCUT2D eigenvalue weighted by Crippen LogP contribution is -2.50. The molecule has 2 fully saturated rings. The van der Waals surface area contributed by atoms with Crippen LogP contribution in [0.4, 0.5) is 0 Å². The van der Waals surface area contributed by atoms with Gasteiger partial charge in [-0.05, 0) is 37.0 Å². The average Bonchev–Trinajstić information content (AvgIpc) is 2.72. The predicted molar refractivity (Wildman–Crippen MR) is 127 cm³/mol. The molecule has 1 N–H and O–H groups in total. The predicted octanol–water partition coefficient (Wildman–Crippen LogP) is 2.82. The van der Waals surface area contributed by atoms with Crippen molar-refractivity contribution in [2.75, 3.05) is 52.9 Å². The second-order valence-corrected chi connectivity index (χ2v) is 10.00. The van der Waals surface area contributed by atoms with Crippen molar-refractivity contribution in [3.63, 3.8) is 0 Å². The van der Waals surface area contributed by atoms with E-state index >= 15 is 0 Å². The lowest BCUT2D eigenvalue weighted by molar-refractivity contribution is -0.140. The van der Waals surface area contributed by atoms with Gasteiger partial charge in [-0.2, -0.15) is 0 Å². The molecule has 0 saturated carbocycles. The summed E-state index contributed by atoms with van der Waals surface area (Å²) in [6.45, 7) is 14.5. The molecule has 2 aliphatic rings. The van der Waals surface area contributed by atoms with Crippen molar-refractivity contribution in [3.05, 3.63) is 0 Å². The Morgan fingerprint density at radius 2 is 1.48 bits per heavy atom. The highest BCUT2D eigenvalue weighted by atomic mass is 16.2. The molecule has 31 heavy (non-hydrogen) atoms. The van der Waals surface area contributed by atoms with Gasteiger partial charge in [-0.1, -0.05) is 34.1 Å². The van der Waals surface area contributed by atoms with E-state index in [-0.39, 0.29) is 11.8 Å². The number of carbonyl (C=O) groups is 2. The number of rotatable bonds is 8. The van der Waals surface area contributed by atoms with E-state index in [2.05, 4.69) is 42.9 Å². The van der Waals surface area contributed by atoms with Gasteiger partial charge in [-0.25, -0.2) is 0 Å². The number of nitrogens with zero attached hydrogens (tertiary/aromatic N) is 4. The Kier molecular flexibility index (Phi) is 10.6. The quantitative estimate of drug-likeness (QED) is 0.362. The number of hydrogen-bond acceptors (Lipinski definition) is 3. The van der Waals surface area contributed by atoms with Crippen molar-refractivity contribution >= 4 is 17.8 Å². The lowest BCUT2D eigenvalue weighted by atomic mass is 9.92. The molecule has 2 aliphatic heterocycles. The van der Waals surface area contributed by atoms with Gasteiger partial charge in [-0.3, -0.25) is 14.6 Å². The monoisotopic (exact) mass is 435 g/mol. The van der Waals surface area contributed by atoms with E-state index in [9.17, 15) is 9.59 Å². The van der Waals surface area contributed by atoms with Crippen molar-refractivity contribution in [1.82, 2.24) is 20.0 Å². The Balaban J connectivity index is 1.57. The van der Waals surface area contributed by atoms with Crippen molar-refractivity contribution in [2.45, 2.75) is 66.2 Å². The number of piperidine rings is 1. The average molecular weight is 436 g/mol. The number of piperazine rings is 1. The molecule has 7 nitrogen and oxygen atoms in total. The highest BCUT2D eigenvalue weighted by molar-refractivity contribution is 5.80. The van der Waals surface area contributed by atoms with Gasteiger partial charge >= 0.3 is 0 Å². The molecule has 0 spiro atoms. The summed E-state index contributed by atoms with van der Waals surface area (Å²) in [6, 6.07) is 0. The molecule has 0 aromatic carbocycles. The van der Waals surface area contributed by atoms with Crippen LogP contribution in [0.3, 0.4) is 0 Å². The van der Waals surface area contributed by atoms with Gasteiger partial charge in [0.05, 0.1) is 0 Å². The zero-order valence-electron chi connectivity index (χ0n) is 20.5. The molecule has 2 atom stereocenters. The summed E-state index contributed by atoms with van der Waals surface area (Å²) in [4.78, 5) is 35.3. The number of aliphatic imine (C=N–C) groups is 1. The molecule has 7 heteroatoms. The summed E-state index contributed by atoms with van der Waals surface area (Å²) in [5.74, 6) is 3.27. The summed E-state index contributed by atoms with van der Waals surface area (Å²) < 4.78 is 0. The number of guanidine groups is 1. The molecule has 0 aromatic rings. The minimum Gasteiger partial charge on any atom is -0.356 e. The number of hydrogen-bond donors (Lipinski definition) is 1. The topological polar surface area (TPSA) is 68.2 Å². The van der Waals surface area contributed by atoms with Crippen LogP contribution < -0.4 is 5.32 Å². The fraction of sp³-hybridized carbons (Fsp3) is 0.875. The van der Waals surface area contributed by atoms with E-state index in [1.165, 1.54) is 6.42 Å². The van der Waals surface area contributed by atoms with E-state index in [4.69, 9.17) is 0 Å². The summed E-state index contributed by atoms with van der Waals surface area (Å²) in [5, 5.41) is 3.50. The van der Waals surface area contributed by atoms with Gasteiger partial charge in [0.15, 0.2) is 5.96 Å². The fourth-order valence-electron chi connectivity index (χ4n) is 4.79. The van der Waals surface area contributed by atoms with Gasteiger partial charge in [0.2, 0.25) is 11.8 Å². The Bertz CT molecular complexity index is 589. The summed E-state index contributed by atoms with van der Waals surface area (Å²) in [7, 11) is 1.86. The van der Waals surface area contributed by atoms with Crippen molar-refractivity contribution in [2.24, 2.45) is 22.7 Å². The largest absolute Gasteiger partial charge is 0.356 e. The first-order chi connectivity index (χ1) is 14.8. The summed E-state index contributed by atoms with van der Waals surface area (Å²) >= 11 is 0. The van der Waals surface area contributed by atoms with E-state index < -0.39 is 0 Å². The van der Waals surface area contributed by atoms with Crippen LogP contribution in [-0.2, 0) is 9.59 Å². The van der Waals surface area contributed by atoms with Gasteiger partial charge < -0.3 is 20.0 Å². The molecule has 2 amide bonds. The third-order valence-electron chi connectivity index (χ3n) is 6.30. The van der Waals surface area contributed by atoms with Gasteiger partial charge in [-0.15, -0.1) is 0 Å². The van der Waals surface area contributed by atoms with E-state index in [1.807, 2.05) is 16.8 Å². The first-order valence-electron chi connectivity index (χ1n) is 12.3. The van der Waals surface area contributed by atoms with Crippen LogP contribution in [0.1, 0.15) is 66.2 Å². The second-order valence-electron chi connectivity index (χ2n) is 10.00. The number of carbonyl (C=O) groups excluding carboxylic acids is 2. The van der Waals surface area contributed by atoms with Crippen LogP contribution in [-0.4, -0.2) is 85.3 Å². The van der Waals surface area contributed by atoms with Crippen LogP contribution in [0, 0.1) is 17.8 Å². The minimum absolute atomic E-state index is 0.220. The molecule has 2 rings (SSSR count). The van der Waals surface area contributed by atoms with Crippen LogP contribution in [0.25, 0.3) is 0 Å². The van der Waals surface area contributed by atoms with E-state index in [0.29, 0.717) is 56.8 Å². The Hall–Kier alpha value is -1.79. The Morgan fingerprint density at radius 1 is 0.903 bits per heavy atom. The number of nitrogens with one attached hydrogen (secondary N) is 1. The third kappa shape index (κ3) is 8.69. The highest BCUT2D eigenvalue weighted by Crippen LogP contribution is 2.20. The fourth-order valence-corrected chi connectivity index (χ4v) is 4.79. The van der Waals surface area contributed by atoms with E-state index in [1.54, 1.807) is 0 Å². The third-order valence-corrected chi connectivity index (χ3v) is 6.30. The van der Waals surface area contributed by atoms with Gasteiger partial charge in [0.25, 0.3) is 0 Å². The molecule has 2 heterocycles. The van der Waals surface area contributed by atoms with Crippen molar-refractivity contribution in [1.29, 1.82) is 0 Å². The highest BCUT2D eigenvalue weighted by Gasteiger charge is 2.25. The summed E-state index contributed by atoms with van der Waals surface area (Å²) in [6.07, 6.45) is 5.50. The minimum atomic E-state index is 0.220. The Morgan fingerprint density at radius 3 is 2.03 bits per heavy atom. The van der Waals surface area contributed by atoms with Crippen LogP contribution in [0.15, 0.2) is 4.99 Å². The molecule has 0 aliphatic carbocycles. The van der Waals surface area contributed by atoms with E-state index in [0.717, 1.165) is 44.9 Å². The van der Waals surface area contributed by atoms with Crippen LogP contribution >= 0.6 is 0 Å². The smallest absolute Gasteiger partial charge is 0.222 e. The number of unbranched alkanes of at least 4 members (excludes halogenated alkanes) is 2. The van der Waals surface area contributed by atoms with Crippen LogP contribution in [0.5, 0.6) is 0 Å². The van der Waals surface area contributed by atoms with Crippen LogP contribution in [0.2, 0.25) is 0 Å². The maximum absolute atomic E-state index is 12.5. The zero-order valence-corrected chi connectivity index (χ0v) is 20.5. The molecule has 0 bridgehead atoms. The van der Waals surface area contributed by atoms with Gasteiger partial charge in [0, 0.05) is 65.7 Å². The molecule has 178 valence electrons. The molecule has 2 saturated heterocycles. The first-order valence-corrected chi connectivity index (χ1v) is 12.3. The molecule has 0 aromatic heterocycles. The molecule has 2 unspecified atom stereocenters. The summed E-state index contributed by atoms with van der Waals surface area (Å²) in [5.41, 5.74) is 0. The van der Waals surface area contributed by atoms with Crippen molar-refractivity contribution in [3.8, 4) is 0 Å². The zero-order chi connectivity index (χ0) is 22.8. The maximum atomic E-state index is 12.5. The lowest BCUT2D eigenvalue weighted by Gasteiger charge is -2.37. The SMILES string of the molecule is CN=C(NCCCCCC(=O)N1CCN(C(=O)CC(C)C)CC1)N1CC(C)CC(C)C1. The number of amides is 2. The molecule has 0 radical (unpaired) electrons. The van der Waals surface area contributed by atoms with Gasteiger partial charge in [0.1, 0.15) is 0 Å². The standard InChI is InChI=1S/C24H45N5O2/c1-19(2)15-23(31)28-13-11-27(12-14-28)22(30)9-7-6-8-10-26-24(25-5)29-17-20(3)16-21(4)18-29/h19-21H,6-18H2,1-5H3,(H,25,26). The second kappa shape index (κ2) is 12.9. The Labute approximate surface area is 189 Å². The molecular weight excluding hydrogens is 390 g/mol.